The predicted octanol–water partition coefficient (Wildman–Crippen LogP) is 1.24. The van der Waals surface area contributed by atoms with Gasteiger partial charge in [-0.15, -0.1) is 0 Å². The van der Waals surface area contributed by atoms with Gasteiger partial charge in [-0.1, -0.05) is 0 Å². The average molecular weight is 341 g/mol. The van der Waals surface area contributed by atoms with E-state index in [2.05, 4.69) is 10.3 Å². The van der Waals surface area contributed by atoms with Gasteiger partial charge in [-0.2, -0.15) is 0 Å². The van der Waals surface area contributed by atoms with Crippen LogP contribution in [0.15, 0.2) is 42.7 Å². The first kappa shape index (κ1) is 16.8. The summed E-state index contributed by atoms with van der Waals surface area (Å²) in [5.74, 6) is 0.675. The van der Waals surface area contributed by atoms with Gasteiger partial charge in [0.1, 0.15) is 0 Å². The number of carbonyl (C=O) groups is 2. The van der Waals surface area contributed by atoms with Crippen LogP contribution in [0.5, 0.6) is 11.5 Å². The second-order valence-electron chi connectivity index (χ2n) is 5.67. The minimum Gasteiger partial charge on any atom is -0.454 e. The number of aromatic nitrogens is 1. The summed E-state index contributed by atoms with van der Waals surface area (Å²) in [7, 11) is 1.72. The Bertz CT molecular complexity index is 764. The number of rotatable bonds is 6. The van der Waals surface area contributed by atoms with Crippen molar-refractivity contribution < 1.29 is 19.1 Å². The molecule has 25 heavy (non-hydrogen) atoms. The lowest BCUT2D eigenvalue weighted by atomic mass is 10.2. The van der Waals surface area contributed by atoms with Gasteiger partial charge in [0.25, 0.3) is 5.91 Å². The highest BCUT2D eigenvalue weighted by Crippen LogP contribution is 2.32. The first-order valence-corrected chi connectivity index (χ1v) is 7.94. The summed E-state index contributed by atoms with van der Waals surface area (Å²) in [6.07, 6.45) is 4.19. The van der Waals surface area contributed by atoms with Gasteiger partial charge in [0.2, 0.25) is 12.7 Å². The fourth-order valence-electron chi connectivity index (χ4n) is 2.40. The maximum atomic E-state index is 12.2. The van der Waals surface area contributed by atoms with Gasteiger partial charge in [-0.05, 0) is 42.3 Å². The number of hydrogen-bond acceptors (Lipinski definition) is 5. The van der Waals surface area contributed by atoms with E-state index in [0.717, 1.165) is 12.0 Å². The fraction of sp³-hybridized carbons (Fsp3) is 0.278. The zero-order chi connectivity index (χ0) is 17.6. The monoisotopic (exact) mass is 341 g/mol. The van der Waals surface area contributed by atoms with Crippen molar-refractivity contribution in [3.05, 3.63) is 53.9 Å². The molecule has 0 saturated carbocycles. The zero-order valence-corrected chi connectivity index (χ0v) is 13.9. The van der Waals surface area contributed by atoms with E-state index >= 15 is 0 Å². The molecule has 7 nitrogen and oxygen atoms in total. The van der Waals surface area contributed by atoms with Crippen LogP contribution in [0.1, 0.15) is 15.9 Å². The Morgan fingerprint density at radius 3 is 2.72 bits per heavy atom. The molecule has 0 spiro atoms. The van der Waals surface area contributed by atoms with Gasteiger partial charge in [-0.3, -0.25) is 14.6 Å². The number of pyridine rings is 1. The zero-order valence-electron chi connectivity index (χ0n) is 13.9. The molecule has 2 amide bonds. The van der Waals surface area contributed by atoms with Gasteiger partial charge >= 0.3 is 0 Å². The normalized spacial score (nSPS) is 11.9. The Labute approximate surface area is 145 Å². The summed E-state index contributed by atoms with van der Waals surface area (Å²) in [4.78, 5) is 29.9. The molecular weight excluding hydrogens is 322 g/mol. The minimum absolute atomic E-state index is 0.0554. The van der Waals surface area contributed by atoms with Crippen molar-refractivity contribution in [2.24, 2.45) is 0 Å². The number of nitrogens with zero attached hydrogens (tertiary/aromatic N) is 2. The van der Waals surface area contributed by atoms with Crippen molar-refractivity contribution in [2.45, 2.75) is 6.42 Å². The number of ether oxygens (including phenoxy) is 2. The van der Waals surface area contributed by atoms with Crippen LogP contribution in [0.2, 0.25) is 0 Å². The third kappa shape index (κ3) is 4.26. The molecule has 0 unspecified atom stereocenters. The van der Waals surface area contributed by atoms with E-state index in [4.69, 9.17) is 9.47 Å². The van der Waals surface area contributed by atoms with E-state index in [1.165, 1.54) is 0 Å². The van der Waals surface area contributed by atoms with E-state index in [-0.39, 0.29) is 25.2 Å². The Kier molecular flexibility index (Phi) is 5.13. The van der Waals surface area contributed by atoms with Crippen molar-refractivity contribution in [2.75, 3.05) is 26.9 Å². The quantitative estimate of drug-likeness (QED) is 0.855. The van der Waals surface area contributed by atoms with Crippen LogP contribution in [0, 0.1) is 0 Å². The number of hydrogen-bond donors (Lipinski definition) is 1. The van der Waals surface area contributed by atoms with Gasteiger partial charge in [0, 0.05) is 31.5 Å². The summed E-state index contributed by atoms with van der Waals surface area (Å²) in [5, 5.41) is 2.63. The Balaban J connectivity index is 1.47. The molecule has 0 atom stereocenters. The number of benzene rings is 1. The molecule has 2 heterocycles. The molecule has 1 aromatic carbocycles. The van der Waals surface area contributed by atoms with Crippen molar-refractivity contribution >= 4 is 11.8 Å². The molecule has 1 aliphatic rings. The van der Waals surface area contributed by atoms with Crippen molar-refractivity contribution in [3.8, 4) is 11.5 Å². The van der Waals surface area contributed by atoms with Crippen molar-refractivity contribution in [3.63, 3.8) is 0 Å². The number of carbonyl (C=O) groups excluding carboxylic acids is 2. The number of nitrogens with one attached hydrogen (secondary N) is 1. The molecule has 1 aromatic heterocycles. The van der Waals surface area contributed by atoms with Crippen molar-refractivity contribution in [1.82, 2.24) is 15.2 Å². The first-order chi connectivity index (χ1) is 12.1. The Morgan fingerprint density at radius 1 is 1.16 bits per heavy atom. The third-order valence-electron chi connectivity index (χ3n) is 3.95. The molecule has 0 saturated heterocycles. The predicted molar refractivity (Wildman–Crippen MR) is 90.5 cm³/mol. The fourth-order valence-corrected chi connectivity index (χ4v) is 2.40. The average Bonchev–Trinajstić information content (AvgIpc) is 3.12. The molecule has 1 N–H and O–H groups in total. The van der Waals surface area contributed by atoms with Crippen LogP contribution in [-0.4, -0.2) is 48.6 Å². The number of amides is 2. The summed E-state index contributed by atoms with van der Waals surface area (Å²) >= 11 is 0. The number of likely N-dealkylation sites (N-methyl/N-ethyl adjacent to an activating group) is 1. The smallest absolute Gasteiger partial charge is 0.251 e. The van der Waals surface area contributed by atoms with E-state index in [1.54, 1.807) is 42.5 Å². The van der Waals surface area contributed by atoms with Crippen LogP contribution >= 0.6 is 0 Å². The second kappa shape index (κ2) is 7.65. The molecule has 130 valence electrons. The van der Waals surface area contributed by atoms with E-state index in [0.29, 0.717) is 23.6 Å². The molecule has 0 radical (unpaired) electrons. The largest absolute Gasteiger partial charge is 0.454 e. The van der Waals surface area contributed by atoms with Gasteiger partial charge in [-0.25, -0.2) is 0 Å². The summed E-state index contributed by atoms with van der Waals surface area (Å²) < 4.78 is 10.5. The summed E-state index contributed by atoms with van der Waals surface area (Å²) in [6.45, 7) is 0.671. The van der Waals surface area contributed by atoms with Crippen LogP contribution < -0.4 is 14.8 Å². The van der Waals surface area contributed by atoms with Crippen LogP contribution in [0.4, 0.5) is 0 Å². The second-order valence-corrected chi connectivity index (χ2v) is 5.67. The molecule has 3 rings (SSSR count). The molecule has 7 heteroatoms. The summed E-state index contributed by atoms with van der Waals surface area (Å²) in [6, 6.07) is 8.76. The SMILES string of the molecule is CN(CCc1ccncc1)C(=O)CNC(=O)c1ccc2c(c1)OCO2. The Morgan fingerprint density at radius 2 is 1.92 bits per heavy atom. The third-order valence-corrected chi connectivity index (χ3v) is 3.95. The van der Waals surface area contributed by atoms with Gasteiger partial charge < -0.3 is 19.7 Å². The topological polar surface area (TPSA) is 80.8 Å². The van der Waals surface area contributed by atoms with Crippen LogP contribution in [0.25, 0.3) is 0 Å². The maximum absolute atomic E-state index is 12.2. The number of fused-ring (bicyclic) bond motifs is 1. The van der Waals surface area contributed by atoms with E-state index < -0.39 is 0 Å². The maximum Gasteiger partial charge on any atom is 0.251 e. The molecule has 2 aromatic rings. The lowest BCUT2D eigenvalue weighted by molar-refractivity contribution is -0.128. The lowest BCUT2D eigenvalue weighted by Crippen LogP contribution is -2.39. The lowest BCUT2D eigenvalue weighted by Gasteiger charge is -2.17. The molecule has 0 bridgehead atoms. The van der Waals surface area contributed by atoms with Gasteiger partial charge in [0.15, 0.2) is 11.5 Å². The standard InChI is InChI=1S/C18H19N3O4/c1-21(9-6-13-4-7-19-8-5-13)17(22)11-20-18(23)14-2-3-15-16(10-14)25-12-24-15/h2-5,7-8,10H,6,9,11-12H2,1H3,(H,20,23). The van der Waals surface area contributed by atoms with E-state index in [9.17, 15) is 9.59 Å². The highest BCUT2D eigenvalue weighted by atomic mass is 16.7. The van der Waals surface area contributed by atoms with E-state index in [1.807, 2.05) is 12.1 Å². The highest BCUT2D eigenvalue weighted by molar-refractivity contribution is 5.97. The van der Waals surface area contributed by atoms with Crippen LogP contribution in [-0.2, 0) is 11.2 Å². The van der Waals surface area contributed by atoms with Gasteiger partial charge in [0.05, 0.1) is 6.54 Å². The first-order valence-electron chi connectivity index (χ1n) is 7.94. The molecule has 1 aliphatic heterocycles. The molecule has 0 fully saturated rings. The highest BCUT2D eigenvalue weighted by Gasteiger charge is 2.17. The van der Waals surface area contributed by atoms with Crippen LogP contribution in [0.3, 0.4) is 0 Å². The minimum atomic E-state index is -0.325. The molecule has 0 aliphatic carbocycles. The summed E-state index contributed by atoms with van der Waals surface area (Å²) in [5.41, 5.74) is 1.54. The Hall–Kier alpha value is -3.09. The molecular formula is C18H19N3O4. The van der Waals surface area contributed by atoms with Crippen molar-refractivity contribution in [1.29, 1.82) is 0 Å².